The number of rotatable bonds is 8. The Hall–Kier alpha value is -1.08. The zero-order valence-corrected chi connectivity index (χ0v) is 33.5. The van der Waals surface area contributed by atoms with Crippen molar-refractivity contribution in [3.8, 4) is 0 Å². The highest BCUT2D eigenvalue weighted by Gasteiger charge is 2.54. The van der Waals surface area contributed by atoms with Gasteiger partial charge in [-0.2, -0.15) is 17.6 Å². The lowest BCUT2D eigenvalue weighted by molar-refractivity contribution is -0.322. The van der Waals surface area contributed by atoms with Crippen LogP contribution in [0.5, 0.6) is 0 Å². The first-order valence-corrected chi connectivity index (χ1v) is 20.6. The van der Waals surface area contributed by atoms with Crippen LogP contribution in [0.15, 0.2) is 0 Å². The first kappa shape index (κ1) is 54.9. The first-order chi connectivity index (χ1) is 25.3. The lowest BCUT2D eigenvalue weighted by Gasteiger charge is -2.42. The van der Waals surface area contributed by atoms with Crippen LogP contribution in [-0.4, -0.2) is 95.7 Å². The molecule has 6 atom stereocenters. The van der Waals surface area contributed by atoms with Gasteiger partial charge in [0, 0.05) is 15.7 Å². The Kier molecular flexibility index (Phi) is 22.2. The lowest BCUT2D eigenvalue weighted by Crippen LogP contribution is -2.51. The maximum atomic E-state index is 14.6. The number of alkyl halides is 12. The molecule has 0 aromatic heterocycles. The second-order valence-corrected chi connectivity index (χ2v) is 18.0. The summed E-state index contributed by atoms with van der Waals surface area (Å²) in [5.74, 6) is -0.328. The molecular formula is C40H72F12O6. The van der Waals surface area contributed by atoms with E-state index in [4.69, 9.17) is 4.74 Å². The van der Waals surface area contributed by atoms with Gasteiger partial charge in [-0.15, -0.1) is 0 Å². The van der Waals surface area contributed by atoms with Crippen molar-refractivity contribution in [2.24, 2.45) is 47.3 Å². The predicted octanol–water partition coefficient (Wildman–Crippen LogP) is 9.90. The van der Waals surface area contributed by atoms with Gasteiger partial charge in [0.05, 0.1) is 17.9 Å². The summed E-state index contributed by atoms with van der Waals surface area (Å²) < 4.78 is 176. The maximum absolute atomic E-state index is 14.6. The normalized spacial score (nSPS) is 43.8. The van der Waals surface area contributed by atoms with Gasteiger partial charge >= 0.3 is 12.2 Å². The second-order valence-electron chi connectivity index (χ2n) is 18.0. The van der Waals surface area contributed by atoms with Crippen molar-refractivity contribution >= 4 is 0 Å². The van der Waals surface area contributed by atoms with Crippen molar-refractivity contribution in [1.29, 1.82) is 0 Å². The SMILES string of the molecule is CC1CCC(C2CC(F)C(OC(F)(F)C3CC(F)C(F)C(F)C3)C(F)C2)CC1.CC1CCC(C2CCC(C(F)(F)OC3CC(F)C(F)C(F)C3)CC2)CC1.O.O.O.O.[HH].[HH]. The Labute approximate surface area is 337 Å². The minimum absolute atomic E-state index is 0. The summed E-state index contributed by atoms with van der Waals surface area (Å²) in [6.07, 6.45) is -20.1. The van der Waals surface area contributed by atoms with Crippen molar-refractivity contribution in [2.75, 3.05) is 0 Å². The smallest absolute Gasteiger partial charge is 0.359 e. The highest BCUT2D eigenvalue weighted by atomic mass is 19.3. The maximum Gasteiger partial charge on any atom is 0.359 e. The fourth-order valence-corrected chi connectivity index (χ4v) is 10.3. The fraction of sp³-hybridized carbons (Fsp3) is 1.00. The van der Waals surface area contributed by atoms with E-state index in [1.54, 1.807) is 0 Å². The Morgan fingerprint density at radius 3 is 1.10 bits per heavy atom. The van der Waals surface area contributed by atoms with Crippen molar-refractivity contribution in [3.63, 3.8) is 0 Å². The Morgan fingerprint density at radius 2 is 0.707 bits per heavy atom. The summed E-state index contributed by atoms with van der Waals surface area (Å²) in [4.78, 5) is 0. The third-order valence-electron chi connectivity index (χ3n) is 13.9. The highest BCUT2D eigenvalue weighted by Crippen LogP contribution is 2.48. The molecule has 6 unspecified atom stereocenters. The van der Waals surface area contributed by atoms with E-state index >= 15 is 0 Å². The van der Waals surface area contributed by atoms with Crippen LogP contribution in [0.25, 0.3) is 0 Å². The molecule has 0 radical (unpaired) electrons. The van der Waals surface area contributed by atoms with Gasteiger partial charge in [-0.1, -0.05) is 39.5 Å². The third kappa shape index (κ3) is 14.0. The standard InChI is InChI=1S/C20H29F7O.C20H31F5O.4H2O.2H2/c1-10-2-4-11(5-3-10)12-6-16(23)19(17(24)7-12)28-20(26,27)13-8-14(21)18(25)15(22)9-13;1-12-2-4-13(5-3-12)14-6-8-15(9-7-14)20(24,25)26-16-10-17(21)19(23)18(22)11-16;;;;;;/h10-19H,2-9H2,1H3;12-19H,2-11H2,1H3;4*1H2;2*1H. The van der Waals surface area contributed by atoms with Crippen LogP contribution >= 0.6 is 0 Å². The molecule has 6 rings (SSSR count). The molecule has 6 fully saturated rings. The lowest BCUT2D eigenvalue weighted by atomic mass is 9.69. The Morgan fingerprint density at radius 1 is 0.379 bits per heavy atom. The van der Waals surface area contributed by atoms with Crippen LogP contribution in [0.3, 0.4) is 0 Å². The van der Waals surface area contributed by atoms with E-state index in [1.807, 2.05) is 0 Å². The summed E-state index contributed by atoms with van der Waals surface area (Å²) in [7, 11) is 0. The highest BCUT2D eigenvalue weighted by molar-refractivity contribution is 4.95. The molecule has 0 bridgehead atoms. The summed E-state index contributed by atoms with van der Waals surface area (Å²) in [6, 6.07) is 0. The van der Waals surface area contributed by atoms with E-state index in [0.29, 0.717) is 30.6 Å². The number of hydrogen-bond donors (Lipinski definition) is 0. The van der Waals surface area contributed by atoms with Gasteiger partial charge in [0.15, 0.2) is 12.3 Å². The van der Waals surface area contributed by atoms with Crippen LogP contribution in [-0.2, 0) is 9.47 Å². The van der Waals surface area contributed by atoms with E-state index in [0.717, 1.165) is 44.4 Å². The average molecular weight is 877 g/mol. The molecule has 8 N–H and O–H groups in total. The van der Waals surface area contributed by atoms with Crippen molar-refractivity contribution < 1.29 is 86.9 Å². The predicted molar refractivity (Wildman–Crippen MR) is 200 cm³/mol. The molecule has 0 aromatic carbocycles. The molecule has 18 heteroatoms. The van der Waals surface area contributed by atoms with E-state index in [1.165, 1.54) is 25.7 Å². The summed E-state index contributed by atoms with van der Waals surface area (Å²) in [6.45, 7) is 4.41. The number of halogens is 12. The van der Waals surface area contributed by atoms with Crippen molar-refractivity contribution in [3.05, 3.63) is 0 Å². The summed E-state index contributed by atoms with van der Waals surface area (Å²) >= 11 is 0. The number of hydrogen-bond acceptors (Lipinski definition) is 2. The van der Waals surface area contributed by atoms with E-state index < -0.39 is 111 Å². The zero-order chi connectivity index (χ0) is 39.5. The van der Waals surface area contributed by atoms with Gasteiger partial charge in [-0.25, -0.2) is 35.1 Å². The minimum Gasteiger partial charge on any atom is -0.412 e. The molecule has 58 heavy (non-hydrogen) atoms. The molecule has 0 aliphatic heterocycles. The monoisotopic (exact) mass is 877 g/mol. The van der Waals surface area contributed by atoms with Crippen molar-refractivity contribution in [2.45, 2.75) is 203 Å². The van der Waals surface area contributed by atoms with Crippen LogP contribution in [0.4, 0.5) is 52.7 Å². The van der Waals surface area contributed by atoms with Gasteiger partial charge in [0.25, 0.3) is 0 Å². The molecule has 6 saturated carbocycles. The average Bonchev–Trinajstić information content (AvgIpc) is 3.11. The quantitative estimate of drug-likeness (QED) is 0.224. The Balaban J connectivity index is 0. The zero-order valence-electron chi connectivity index (χ0n) is 33.5. The minimum atomic E-state index is -4.11. The van der Waals surface area contributed by atoms with E-state index in [9.17, 15) is 52.7 Å². The van der Waals surface area contributed by atoms with Crippen molar-refractivity contribution in [1.82, 2.24) is 0 Å². The van der Waals surface area contributed by atoms with E-state index in [2.05, 4.69) is 18.6 Å². The topological polar surface area (TPSA) is 144 Å². The molecule has 6 aliphatic rings. The van der Waals surface area contributed by atoms with Gasteiger partial charge < -0.3 is 31.4 Å². The first-order valence-electron chi connectivity index (χ1n) is 20.6. The van der Waals surface area contributed by atoms with Gasteiger partial charge in [-0.05, 0) is 113 Å². The molecule has 0 spiro atoms. The fourth-order valence-electron chi connectivity index (χ4n) is 10.3. The van der Waals surface area contributed by atoms with Crippen LogP contribution in [0.1, 0.15) is 132 Å². The Bertz CT molecular complexity index is 1120. The van der Waals surface area contributed by atoms with E-state index in [-0.39, 0.29) is 49.4 Å². The second kappa shape index (κ2) is 23.4. The molecular weight excluding hydrogens is 804 g/mol. The molecule has 352 valence electrons. The molecule has 0 heterocycles. The van der Waals surface area contributed by atoms with Crippen LogP contribution in [0, 0.1) is 47.3 Å². The van der Waals surface area contributed by atoms with Crippen LogP contribution in [0.2, 0.25) is 0 Å². The van der Waals surface area contributed by atoms with Crippen LogP contribution < -0.4 is 0 Å². The molecule has 0 aromatic rings. The largest absolute Gasteiger partial charge is 0.412 e. The summed E-state index contributed by atoms with van der Waals surface area (Å²) in [5, 5.41) is 0. The molecule has 0 saturated heterocycles. The van der Waals surface area contributed by atoms with Gasteiger partial charge in [-0.3, -0.25) is 0 Å². The number of ether oxygens (including phenoxy) is 2. The van der Waals surface area contributed by atoms with Gasteiger partial charge in [0.1, 0.15) is 43.1 Å². The third-order valence-corrected chi connectivity index (χ3v) is 13.9. The molecule has 0 amide bonds. The van der Waals surface area contributed by atoms with Gasteiger partial charge in [0.2, 0.25) is 0 Å². The molecule has 6 aliphatic carbocycles. The summed E-state index contributed by atoms with van der Waals surface area (Å²) in [5.41, 5.74) is 0. The molecule has 6 nitrogen and oxygen atoms in total.